The number of benzene rings is 1. The first-order valence-electron chi connectivity index (χ1n) is 6.77. The fourth-order valence-electron chi connectivity index (χ4n) is 2.07. The third kappa shape index (κ3) is 4.20. The Bertz CT molecular complexity index is 663. The monoisotopic (exact) mass is 327 g/mol. The Morgan fingerprint density at radius 3 is 2.32 bits per heavy atom. The number of amides is 1. The first kappa shape index (κ1) is 16.3. The van der Waals surface area contributed by atoms with Crippen LogP contribution in [0.15, 0.2) is 29.2 Å². The molecule has 3 N–H and O–H groups in total. The van der Waals surface area contributed by atoms with E-state index in [0.717, 1.165) is 12.8 Å². The van der Waals surface area contributed by atoms with E-state index in [2.05, 4.69) is 4.74 Å². The largest absolute Gasteiger partial charge is 0.481 e. The van der Waals surface area contributed by atoms with E-state index in [1.54, 1.807) is 0 Å². The average Bonchev–Trinajstić information content (AvgIpc) is 3.22. The van der Waals surface area contributed by atoms with Crippen LogP contribution in [0.25, 0.3) is 0 Å². The van der Waals surface area contributed by atoms with Crippen molar-refractivity contribution in [2.24, 2.45) is 11.7 Å². The highest BCUT2D eigenvalue weighted by Gasteiger charge is 2.29. The first-order valence-corrected chi connectivity index (χ1v) is 8.42. The summed E-state index contributed by atoms with van der Waals surface area (Å²) in [6.07, 6.45) is 0.806. The summed E-state index contributed by atoms with van der Waals surface area (Å²) in [5.74, 6) is -1.91. The Kier molecular flexibility index (Phi) is 4.70. The van der Waals surface area contributed by atoms with E-state index in [1.165, 1.54) is 24.3 Å². The zero-order valence-corrected chi connectivity index (χ0v) is 12.6. The van der Waals surface area contributed by atoms with E-state index in [-0.39, 0.29) is 16.6 Å². The van der Waals surface area contributed by atoms with Gasteiger partial charge in [-0.25, -0.2) is 13.2 Å². The summed E-state index contributed by atoms with van der Waals surface area (Å²) in [5, 5.41) is 9.15. The van der Waals surface area contributed by atoms with Gasteiger partial charge in [-0.1, -0.05) is 12.1 Å². The zero-order chi connectivity index (χ0) is 16.3. The fourth-order valence-corrected chi connectivity index (χ4v) is 3.77. The molecule has 0 spiro atoms. The van der Waals surface area contributed by atoms with Crippen LogP contribution >= 0.6 is 0 Å². The quantitative estimate of drug-likeness (QED) is 0.773. The first-order chi connectivity index (χ1) is 10.3. The SMILES string of the molecule is NC(=O)OCC(C(=O)O)c1ccc(S(=O)(=O)CC2CC2)cc1. The Balaban J connectivity index is 2.14. The molecule has 0 bridgehead atoms. The number of ether oxygens (including phenoxy) is 1. The molecular formula is C14H17NO6S. The Morgan fingerprint density at radius 2 is 1.86 bits per heavy atom. The highest BCUT2D eigenvalue weighted by molar-refractivity contribution is 7.91. The second-order valence-corrected chi connectivity index (χ2v) is 7.35. The molecule has 1 aliphatic rings. The number of carboxylic acid groups (broad SMARTS) is 1. The van der Waals surface area contributed by atoms with E-state index in [1.807, 2.05) is 0 Å². The molecule has 0 saturated heterocycles. The normalized spacial score (nSPS) is 16.0. The minimum atomic E-state index is -3.34. The highest BCUT2D eigenvalue weighted by Crippen LogP contribution is 2.32. The van der Waals surface area contributed by atoms with Crippen LogP contribution in [0.1, 0.15) is 24.3 Å². The van der Waals surface area contributed by atoms with E-state index in [4.69, 9.17) is 10.8 Å². The smallest absolute Gasteiger partial charge is 0.404 e. The van der Waals surface area contributed by atoms with Gasteiger partial charge in [-0.05, 0) is 36.5 Å². The van der Waals surface area contributed by atoms with Crippen LogP contribution in [0, 0.1) is 5.92 Å². The van der Waals surface area contributed by atoms with Crippen LogP contribution in [0.3, 0.4) is 0 Å². The van der Waals surface area contributed by atoms with Crippen molar-refractivity contribution in [2.45, 2.75) is 23.7 Å². The van der Waals surface area contributed by atoms with Gasteiger partial charge in [0.05, 0.1) is 10.6 Å². The Labute approximate surface area is 128 Å². The molecule has 8 heteroatoms. The van der Waals surface area contributed by atoms with Gasteiger partial charge in [0.2, 0.25) is 0 Å². The summed E-state index contributed by atoms with van der Waals surface area (Å²) in [5.41, 5.74) is 5.17. The molecule has 22 heavy (non-hydrogen) atoms. The molecule has 1 aromatic carbocycles. The minimum Gasteiger partial charge on any atom is -0.481 e. The number of carbonyl (C=O) groups is 2. The molecule has 0 heterocycles. The molecule has 0 aliphatic heterocycles. The summed E-state index contributed by atoms with van der Waals surface area (Å²) >= 11 is 0. The van der Waals surface area contributed by atoms with Crippen molar-refractivity contribution in [1.82, 2.24) is 0 Å². The van der Waals surface area contributed by atoms with Crippen LogP contribution in [0.2, 0.25) is 0 Å². The highest BCUT2D eigenvalue weighted by atomic mass is 32.2. The molecule has 0 aromatic heterocycles. The number of sulfone groups is 1. The summed E-state index contributed by atoms with van der Waals surface area (Å²) in [7, 11) is -3.34. The lowest BCUT2D eigenvalue weighted by molar-refractivity contribution is -0.139. The molecule has 120 valence electrons. The molecule has 0 radical (unpaired) electrons. The predicted molar refractivity (Wildman–Crippen MR) is 77.1 cm³/mol. The van der Waals surface area contributed by atoms with Crippen LogP contribution < -0.4 is 5.73 Å². The van der Waals surface area contributed by atoms with E-state index < -0.39 is 34.4 Å². The lowest BCUT2D eigenvalue weighted by atomic mass is 10.0. The lowest BCUT2D eigenvalue weighted by Crippen LogP contribution is -2.23. The summed E-state index contributed by atoms with van der Waals surface area (Å²) in [4.78, 5) is 21.9. The molecule has 1 unspecified atom stereocenters. The predicted octanol–water partition coefficient (Wildman–Crippen LogP) is 1.13. The molecule has 2 rings (SSSR count). The van der Waals surface area contributed by atoms with Crippen molar-refractivity contribution in [2.75, 3.05) is 12.4 Å². The van der Waals surface area contributed by atoms with Gasteiger partial charge in [0.1, 0.15) is 12.5 Å². The maximum absolute atomic E-state index is 12.1. The number of primary amides is 1. The molecule has 1 amide bonds. The van der Waals surface area contributed by atoms with Crippen LogP contribution in [-0.2, 0) is 19.4 Å². The van der Waals surface area contributed by atoms with Crippen molar-refractivity contribution in [3.63, 3.8) is 0 Å². The van der Waals surface area contributed by atoms with Gasteiger partial charge in [-0.3, -0.25) is 4.79 Å². The summed E-state index contributed by atoms with van der Waals surface area (Å²) in [6, 6.07) is 5.60. The molecule has 7 nitrogen and oxygen atoms in total. The van der Waals surface area contributed by atoms with Crippen molar-refractivity contribution in [3.05, 3.63) is 29.8 Å². The summed E-state index contributed by atoms with van der Waals surface area (Å²) in [6.45, 7) is -0.404. The number of nitrogens with two attached hydrogens (primary N) is 1. The molecule has 1 aliphatic carbocycles. The van der Waals surface area contributed by atoms with E-state index >= 15 is 0 Å². The Morgan fingerprint density at radius 1 is 1.27 bits per heavy atom. The Hall–Kier alpha value is -2.09. The van der Waals surface area contributed by atoms with E-state index in [0.29, 0.717) is 5.56 Å². The van der Waals surface area contributed by atoms with E-state index in [9.17, 15) is 18.0 Å². The number of carbonyl (C=O) groups excluding carboxylic acids is 1. The third-order valence-electron chi connectivity index (χ3n) is 3.48. The number of carboxylic acids is 1. The number of hydrogen-bond donors (Lipinski definition) is 2. The van der Waals surface area contributed by atoms with Gasteiger partial charge in [-0.15, -0.1) is 0 Å². The maximum Gasteiger partial charge on any atom is 0.404 e. The van der Waals surface area contributed by atoms with Gasteiger partial charge in [0.25, 0.3) is 0 Å². The molecule has 1 saturated carbocycles. The standard InChI is InChI=1S/C14H17NO6S/c15-14(18)21-7-12(13(16)17)10-3-5-11(6-4-10)22(19,20)8-9-1-2-9/h3-6,9,12H,1-2,7-8H2,(H2,15,18)(H,16,17). The van der Waals surface area contributed by atoms with Crippen molar-refractivity contribution in [1.29, 1.82) is 0 Å². The van der Waals surface area contributed by atoms with Gasteiger partial charge in [0.15, 0.2) is 9.84 Å². The minimum absolute atomic E-state index is 0.124. The molecule has 1 aromatic rings. The van der Waals surface area contributed by atoms with Crippen LogP contribution in [0.5, 0.6) is 0 Å². The van der Waals surface area contributed by atoms with Crippen LogP contribution in [-0.4, -0.2) is 37.9 Å². The summed E-state index contributed by atoms with van der Waals surface area (Å²) < 4.78 is 28.7. The van der Waals surface area contributed by atoms with Crippen molar-refractivity contribution in [3.8, 4) is 0 Å². The van der Waals surface area contributed by atoms with Gasteiger partial charge >= 0.3 is 12.1 Å². The number of hydrogen-bond acceptors (Lipinski definition) is 5. The maximum atomic E-state index is 12.1. The lowest BCUT2D eigenvalue weighted by Gasteiger charge is -2.13. The fraction of sp³-hybridized carbons (Fsp3) is 0.429. The van der Waals surface area contributed by atoms with Gasteiger partial charge < -0.3 is 15.6 Å². The second-order valence-electron chi connectivity index (χ2n) is 5.31. The van der Waals surface area contributed by atoms with Gasteiger partial charge in [-0.2, -0.15) is 0 Å². The molecule has 1 atom stereocenters. The van der Waals surface area contributed by atoms with Crippen molar-refractivity contribution >= 4 is 21.9 Å². The number of aliphatic carboxylic acids is 1. The molecular weight excluding hydrogens is 310 g/mol. The topological polar surface area (TPSA) is 124 Å². The molecule has 1 fully saturated rings. The third-order valence-corrected chi connectivity index (χ3v) is 5.38. The van der Waals surface area contributed by atoms with Crippen LogP contribution in [0.4, 0.5) is 4.79 Å². The van der Waals surface area contributed by atoms with Gasteiger partial charge in [0, 0.05) is 0 Å². The second kappa shape index (κ2) is 6.35. The van der Waals surface area contributed by atoms with Crippen molar-refractivity contribution < 1.29 is 27.9 Å². The average molecular weight is 327 g/mol. The number of rotatable bonds is 7. The zero-order valence-electron chi connectivity index (χ0n) is 11.8.